The maximum absolute atomic E-state index is 6.00. The van der Waals surface area contributed by atoms with E-state index in [0.717, 1.165) is 6.42 Å². The molecule has 0 aliphatic carbocycles. The first kappa shape index (κ1) is 17.0. The van der Waals surface area contributed by atoms with Gasteiger partial charge in [0.15, 0.2) is 6.29 Å². The van der Waals surface area contributed by atoms with Crippen LogP contribution in [0.1, 0.15) is 64.7 Å². The minimum atomic E-state index is -0.201. The molecule has 2 aliphatic rings. The third kappa shape index (κ3) is 4.54. The molecule has 0 N–H and O–H groups in total. The van der Waals surface area contributed by atoms with Crippen molar-refractivity contribution in [3.63, 3.8) is 0 Å². The fraction of sp³-hybridized carbons (Fsp3) is 0.889. The van der Waals surface area contributed by atoms with E-state index in [2.05, 4.69) is 13.5 Å². The summed E-state index contributed by atoms with van der Waals surface area (Å²) in [6, 6.07) is 0. The van der Waals surface area contributed by atoms with E-state index in [1.165, 1.54) is 56.9 Å². The Morgan fingerprint density at radius 2 is 1.76 bits per heavy atom. The maximum atomic E-state index is 6.00. The molecule has 0 aromatic rings. The average molecular weight is 296 g/mol. The van der Waals surface area contributed by atoms with E-state index in [-0.39, 0.29) is 18.5 Å². The van der Waals surface area contributed by atoms with E-state index in [1.54, 1.807) is 7.11 Å². The zero-order valence-electron chi connectivity index (χ0n) is 13.8. The molecule has 122 valence electrons. The molecular weight excluding hydrogens is 264 g/mol. The van der Waals surface area contributed by atoms with E-state index >= 15 is 0 Å². The summed E-state index contributed by atoms with van der Waals surface area (Å²) >= 11 is 0. The van der Waals surface area contributed by atoms with Crippen molar-refractivity contribution >= 4 is 0 Å². The second kappa shape index (κ2) is 8.92. The van der Waals surface area contributed by atoms with Crippen LogP contribution in [0.5, 0.6) is 0 Å². The first-order valence-electron chi connectivity index (χ1n) is 8.75. The molecule has 0 aromatic carbocycles. The Morgan fingerprint density at radius 1 is 1.10 bits per heavy atom. The van der Waals surface area contributed by atoms with Gasteiger partial charge in [-0.05, 0) is 12.0 Å². The Kier molecular flexibility index (Phi) is 7.21. The fourth-order valence-corrected chi connectivity index (χ4v) is 3.61. The molecule has 2 aliphatic heterocycles. The van der Waals surface area contributed by atoms with E-state index in [1.807, 2.05) is 0 Å². The van der Waals surface area contributed by atoms with Gasteiger partial charge < -0.3 is 14.2 Å². The van der Waals surface area contributed by atoms with Crippen LogP contribution >= 0.6 is 0 Å². The fourth-order valence-electron chi connectivity index (χ4n) is 3.61. The molecule has 2 saturated heterocycles. The minimum Gasteiger partial charge on any atom is -0.368 e. The Bertz CT molecular complexity index is 316. The molecule has 3 heteroatoms. The van der Waals surface area contributed by atoms with Gasteiger partial charge in [0.2, 0.25) is 0 Å². The van der Waals surface area contributed by atoms with Crippen LogP contribution < -0.4 is 0 Å². The summed E-state index contributed by atoms with van der Waals surface area (Å²) in [5, 5.41) is 0. The third-order valence-electron chi connectivity index (χ3n) is 4.84. The lowest BCUT2D eigenvalue weighted by Crippen LogP contribution is -2.26. The number of hydrogen-bond acceptors (Lipinski definition) is 3. The van der Waals surface area contributed by atoms with Crippen molar-refractivity contribution in [2.45, 2.75) is 83.2 Å². The third-order valence-corrected chi connectivity index (χ3v) is 4.84. The number of ether oxygens (including phenoxy) is 3. The van der Waals surface area contributed by atoms with Gasteiger partial charge >= 0.3 is 0 Å². The van der Waals surface area contributed by atoms with Gasteiger partial charge in [0.1, 0.15) is 6.10 Å². The van der Waals surface area contributed by atoms with Gasteiger partial charge in [-0.2, -0.15) is 0 Å². The van der Waals surface area contributed by atoms with E-state index in [0.29, 0.717) is 12.5 Å². The number of rotatable bonds is 10. The molecule has 0 radical (unpaired) electrons. The number of methoxy groups -OCH3 is 1. The zero-order valence-corrected chi connectivity index (χ0v) is 13.8. The van der Waals surface area contributed by atoms with E-state index in [4.69, 9.17) is 14.2 Å². The highest BCUT2D eigenvalue weighted by atomic mass is 16.7. The van der Waals surface area contributed by atoms with Crippen molar-refractivity contribution in [3.05, 3.63) is 12.2 Å². The minimum absolute atomic E-state index is 0.0709. The van der Waals surface area contributed by atoms with Crippen LogP contribution in [0.2, 0.25) is 0 Å². The zero-order chi connectivity index (χ0) is 15.1. The second-order valence-electron chi connectivity index (χ2n) is 6.50. The highest BCUT2D eigenvalue weighted by molar-refractivity contribution is 5.15. The molecule has 0 bridgehead atoms. The van der Waals surface area contributed by atoms with Crippen LogP contribution in [0.3, 0.4) is 0 Å². The molecule has 21 heavy (non-hydrogen) atoms. The van der Waals surface area contributed by atoms with Crippen molar-refractivity contribution in [2.24, 2.45) is 5.92 Å². The van der Waals surface area contributed by atoms with Gasteiger partial charge in [0.05, 0.1) is 12.7 Å². The Hall–Kier alpha value is -0.380. The molecule has 0 saturated carbocycles. The molecule has 2 fully saturated rings. The van der Waals surface area contributed by atoms with Gasteiger partial charge in [0, 0.05) is 13.0 Å². The van der Waals surface area contributed by atoms with E-state index in [9.17, 15) is 0 Å². The quantitative estimate of drug-likeness (QED) is 0.440. The summed E-state index contributed by atoms with van der Waals surface area (Å²) in [5.74, 6) is 0.347. The number of hydrogen-bond donors (Lipinski definition) is 0. The van der Waals surface area contributed by atoms with Crippen molar-refractivity contribution in [1.29, 1.82) is 0 Å². The van der Waals surface area contributed by atoms with Crippen LogP contribution in [-0.2, 0) is 14.2 Å². The largest absolute Gasteiger partial charge is 0.368 e. The van der Waals surface area contributed by atoms with Crippen molar-refractivity contribution in [3.8, 4) is 0 Å². The van der Waals surface area contributed by atoms with Crippen molar-refractivity contribution in [1.82, 2.24) is 0 Å². The number of fused-ring (bicyclic) bond motifs is 1. The molecule has 1 unspecified atom stereocenters. The molecule has 2 rings (SSSR count). The lowest BCUT2D eigenvalue weighted by atomic mass is 9.90. The first-order valence-corrected chi connectivity index (χ1v) is 8.75. The van der Waals surface area contributed by atoms with Gasteiger partial charge in [-0.3, -0.25) is 0 Å². The summed E-state index contributed by atoms with van der Waals surface area (Å²) < 4.78 is 17.2. The Morgan fingerprint density at radius 3 is 2.43 bits per heavy atom. The van der Waals surface area contributed by atoms with Gasteiger partial charge in [-0.25, -0.2) is 0 Å². The normalized spacial score (nSPS) is 31.8. The van der Waals surface area contributed by atoms with E-state index < -0.39 is 0 Å². The summed E-state index contributed by atoms with van der Waals surface area (Å²) in [6.07, 6.45) is 12.0. The predicted molar refractivity (Wildman–Crippen MR) is 85.3 cm³/mol. The predicted octanol–water partition coefficient (Wildman–Crippen LogP) is 4.46. The lowest BCUT2D eigenvalue weighted by molar-refractivity contribution is -0.158. The Balaban J connectivity index is 1.61. The van der Waals surface area contributed by atoms with Crippen LogP contribution in [0.15, 0.2) is 12.2 Å². The Labute approximate surface area is 130 Å². The van der Waals surface area contributed by atoms with Crippen LogP contribution in [0.4, 0.5) is 0 Å². The van der Waals surface area contributed by atoms with Gasteiger partial charge in [-0.15, -0.1) is 0 Å². The summed E-state index contributed by atoms with van der Waals surface area (Å²) in [6.45, 7) is 7.08. The molecular formula is C18H32O3. The van der Waals surface area contributed by atoms with Gasteiger partial charge in [0.25, 0.3) is 0 Å². The highest BCUT2D eigenvalue weighted by Gasteiger charge is 2.49. The van der Waals surface area contributed by atoms with Crippen molar-refractivity contribution in [2.75, 3.05) is 13.7 Å². The maximum Gasteiger partial charge on any atom is 0.184 e. The standard InChI is InChI=1S/C18H32O3/c1-4-5-6-7-8-9-10-11-12-15-16-14(2)13-20-17(16)18(19-3)21-15/h15-18H,2,4-13H2,1,3H3/t15-,16-,17-,18?/m1/s1. The molecule has 0 spiro atoms. The topological polar surface area (TPSA) is 27.7 Å². The highest BCUT2D eigenvalue weighted by Crippen LogP contribution is 2.41. The number of unbranched alkanes of at least 4 members (excludes halogenated alkanes) is 7. The first-order chi connectivity index (χ1) is 10.3. The SMILES string of the molecule is C=C1CO[C@H]2C(OC)O[C@H](CCCCCCCCCC)[C@@H]12. The summed E-state index contributed by atoms with van der Waals surface area (Å²) in [7, 11) is 1.70. The lowest BCUT2D eigenvalue weighted by Gasteiger charge is -2.16. The summed E-state index contributed by atoms with van der Waals surface area (Å²) in [4.78, 5) is 0. The smallest absolute Gasteiger partial charge is 0.184 e. The second-order valence-corrected chi connectivity index (χ2v) is 6.50. The monoisotopic (exact) mass is 296 g/mol. The summed E-state index contributed by atoms with van der Waals surface area (Å²) in [5.41, 5.74) is 1.18. The molecule has 3 nitrogen and oxygen atoms in total. The van der Waals surface area contributed by atoms with Crippen molar-refractivity contribution < 1.29 is 14.2 Å². The molecule has 2 heterocycles. The van der Waals surface area contributed by atoms with Crippen LogP contribution in [-0.4, -0.2) is 32.2 Å². The molecule has 4 atom stereocenters. The van der Waals surface area contributed by atoms with Crippen LogP contribution in [0, 0.1) is 5.92 Å². The van der Waals surface area contributed by atoms with Crippen LogP contribution in [0.25, 0.3) is 0 Å². The molecule has 0 amide bonds. The van der Waals surface area contributed by atoms with Gasteiger partial charge in [-0.1, -0.05) is 64.9 Å². The molecule has 0 aromatic heterocycles. The average Bonchev–Trinajstić information content (AvgIpc) is 3.03.